The van der Waals surface area contributed by atoms with Gasteiger partial charge in [-0.1, -0.05) is 24.3 Å². The molecule has 0 fully saturated rings. The van der Waals surface area contributed by atoms with E-state index in [0.29, 0.717) is 5.88 Å². The van der Waals surface area contributed by atoms with Crippen LogP contribution in [-0.4, -0.2) is 0 Å². The van der Waals surface area contributed by atoms with Gasteiger partial charge in [0.05, 0.1) is 0 Å². The SMILES string of the molecule is Cc1cc(CCl)ccc1Oc1cccc(C)c1C. The first-order chi connectivity index (χ1) is 8.61. The predicted octanol–water partition coefficient (Wildman–Crippen LogP) is 5.14. The van der Waals surface area contributed by atoms with E-state index in [9.17, 15) is 0 Å². The van der Waals surface area contributed by atoms with Crippen LogP contribution in [-0.2, 0) is 5.88 Å². The molecule has 0 unspecified atom stereocenters. The Kier molecular flexibility index (Phi) is 3.93. The van der Waals surface area contributed by atoms with Crippen LogP contribution in [0.2, 0.25) is 0 Å². The Morgan fingerprint density at radius 3 is 2.39 bits per heavy atom. The largest absolute Gasteiger partial charge is 0.457 e. The minimum Gasteiger partial charge on any atom is -0.457 e. The molecular weight excluding hydrogens is 244 g/mol. The van der Waals surface area contributed by atoms with E-state index in [2.05, 4.69) is 26.0 Å². The fourth-order valence-corrected chi connectivity index (χ4v) is 2.03. The summed E-state index contributed by atoms with van der Waals surface area (Å²) in [6, 6.07) is 12.1. The standard InChI is InChI=1S/C16H17ClO/c1-11-5-4-6-16(13(11)3)18-15-8-7-14(10-17)9-12(15)2/h4-9H,10H2,1-3H3. The van der Waals surface area contributed by atoms with E-state index >= 15 is 0 Å². The summed E-state index contributed by atoms with van der Waals surface area (Å²) in [7, 11) is 0. The van der Waals surface area contributed by atoms with Crippen LogP contribution >= 0.6 is 11.6 Å². The van der Waals surface area contributed by atoms with Crippen LogP contribution in [0.25, 0.3) is 0 Å². The molecule has 0 spiro atoms. The quantitative estimate of drug-likeness (QED) is 0.694. The summed E-state index contributed by atoms with van der Waals surface area (Å²) in [6.45, 7) is 6.20. The summed E-state index contributed by atoms with van der Waals surface area (Å²) in [6.07, 6.45) is 0. The normalized spacial score (nSPS) is 10.4. The molecule has 0 N–H and O–H groups in total. The molecule has 0 bridgehead atoms. The van der Waals surface area contributed by atoms with Crippen molar-refractivity contribution in [3.63, 3.8) is 0 Å². The van der Waals surface area contributed by atoms with Crippen molar-refractivity contribution in [3.8, 4) is 11.5 Å². The van der Waals surface area contributed by atoms with Crippen molar-refractivity contribution in [2.75, 3.05) is 0 Å². The third kappa shape index (κ3) is 2.68. The molecule has 0 saturated heterocycles. The van der Waals surface area contributed by atoms with Gasteiger partial charge >= 0.3 is 0 Å². The minimum absolute atomic E-state index is 0.532. The second-order valence-corrected chi connectivity index (χ2v) is 4.80. The zero-order valence-corrected chi connectivity index (χ0v) is 11.7. The topological polar surface area (TPSA) is 9.23 Å². The second kappa shape index (κ2) is 5.45. The Labute approximate surface area is 113 Å². The lowest BCUT2D eigenvalue weighted by Gasteiger charge is -2.13. The van der Waals surface area contributed by atoms with E-state index < -0.39 is 0 Å². The smallest absolute Gasteiger partial charge is 0.130 e. The first-order valence-electron chi connectivity index (χ1n) is 6.01. The van der Waals surface area contributed by atoms with Crippen LogP contribution in [0.15, 0.2) is 36.4 Å². The van der Waals surface area contributed by atoms with E-state index in [1.54, 1.807) is 0 Å². The van der Waals surface area contributed by atoms with Crippen molar-refractivity contribution in [1.29, 1.82) is 0 Å². The molecule has 0 amide bonds. The third-order valence-corrected chi connectivity index (χ3v) is 3.48. The van der Waals surface area contributed by atoms with E-state index in [1.807, 2.05) is 31.2 Å². The molecule has 0 saturated carbocycles. The number of alkyl halides is 1. The summed E-state index contributed by atoms with van der Waals surface area (Å²) in [5.41, 5.74) is 4.64. The lowest BCUT2D eigenvalue weighted by molar-refractivity contribution is 0.474. The number of hydrogen-bond acceptors (Lipinski definition) is 1. The number of benzene rings is 2. The van der Waals surface area contributed by atoms with Gasteiger partial charge in [-0.15, -0.1) is 11.6 Å². The van der Waals surface area contributed by atoms with Crippen molar-refractivity contribution in [1.82, 2.24) is 0 Å². The Hall–Kier alpha value is -1.47. The molecular formula is C16H17ClO. The van der Waals surface area contributed by atoms with Gasteiger partial charge in [0.15, 0.2) is 0 Å². The van der Waals surface area contributed by atoms with Crippen molar-refractivity contribution >= 4 is 11.6 Å². The molecule has 18 heavy (non-hydrogen) atoms. The molecule has 94 valence electrons. The lowest BCUT2D eigenvalue weighted by atomic mass is 10.1. The van der Waals surface area contributed by atoms with E-state index in [1.165, 1.54) is 11.1 Å². The summed E-state index contributed by atoms with van der Waals surface area (Å²) in [4.78, 5) is 0. The Morgan fingerprint density at radius 1 is 0.944 bits per heavy atom. The summed E-state index contributed by atoms with van der Waals surface area (Å²) in [5, 5.41) is 0. The van der Waals surface area contributed by atoms with Crippen LogP contribution < -0.4 is 4.74 Å². The average molecular weight is 261 g/mol. The van der Waals surface area contributed by atoms with Gasteiger partial charge in [-0.2, -0.15) is 0 Å². The maximum Gasteiger partial charge on any atom is 0.130 e. The molecule has 2 aromatic carbocycles. The van der Waals surface area contributed by atoms with Crippen LogP contribution in [0, 0.1) is 20.8 Å². The molecule has 2 rings (SSSR count). The zero-order chi connectivity index (χ0) is 13.1. The van der Waals surface area contributed by atoms with Crippen LogP contribution in [0.3, 0.4) is 0 Å². The molecule has 0 radical (unpaired) electrons. The van der Waals surface area contributed by atoms with Gasteiger partial charge in [0.25, 0.3) is 0 Å². The maximum atomic E-state index is 5.98. The summed E-state index contributed by atoms with van der Waals surface area (Å²) < 4.78 is 5.98. The van der Waals surface area contributed by atoms with Gasteiger partial charge in [0.1, 0.15) is 11.5 Å². The highest BCUT2D eigenvalue weighted by Gasteiger charge is 2.06. The third-order valence-electron chi connectivity index (χ3n) is 3.17. The van der Waals surface area contributed by atoms with Crippen molar-refractivity contribution < 1.29 is 4.74 Å². The van der Waals surface area contributed by atoms with Crippen molar-refractivity contribution in [2.45, 2.75) is 26.7 Å². The Morgan fingerprint density at radius 2 is 1.72 bits per heavy atom. The highest BCUT2D eigenvalue weighted by atomic mass is 35.5. The first-order valence-corrected chi connectivity index (χ1v) is 6.55. The molecule has 2 heteroatoms. The second-order valence-electron chi connectivity index (χ2n) is 4.53. The molecule has 2 aromatic rings. The molecule has 0 atom stereocenters. The number of rotatable bonds is 3. The van der Waals surface area contributed by atoms with Gasteiger partial charge < -0.3 is 4.74 Å². The van der Waals surface area contributed by atoms with Gasteiger partial charge in [-0.05, 0) is 55.2 Å². The van der Waals surface area contributed by atoms with Crippen LogP contribution in [0.5, 0.6) is 11.5 Å². The Balaban J connectivity index is 2.31. The number of halogens is 1. The fourth-order valence-electron chi connectivity index (χ4n) is 1.86. The zero-order valence-electron chi connectivity index (χ0n) is 11.0. The van der Waals surface area contributed by atoms with Gasteiger partial charge in [-0.3, -0.25) is 0 Å². The molecule has 1 nitrogen and oxygen atoms in total. The number of hydrogen-bond donors (Lipinski definition) is 0. The monoisotopic (exact) mass is 260 g/mol. The predicted molar refractivity (Wildman–Crippen MR) is 76.7 cm³/mol. The highest BCUT2D eigenvalue weighted by molar-refractivity contribution is 6.17. The highest BCUT2D eigenvalue weighted by Crippen LogP contribution is 2.29. The summed E-state index contributed by atoms with van der Waals surface area (Å²) in [5.74, 6) is 2.33. The Bertz CT molecular complexity index is 561. The molecule has 0 heterocycles. The minimum atomic E-state index is 0.532. The van der Waals surface area contributed by atoms with Crippen molar-refractivity contribution in [2.24, 2.45) is 0 Å². The van der Waals surface area contributed by atoms with Gasteiger partial charge in [0, 0.05) is 5.88 Å². The maximum absolute atomic E-state index is 5.98. The number of ether oxygens (including phenoxy) is 1. The van der Waals surface area contributed by atoms with Crippen LogP contribution in [0.1, 0.15) is 22.3 Å². The van der Waals surface area contributed by atoms with Crippen LogP contribution in [0.4, 0.5) is 0 Å². The fraction of sp³-hybridized carbons (Fsp3) is 0.250. The average Bonchev–Trinajstić information content (AvgIpc) is 2.37. The van der Waals surface area contributed by atoms with E-state index in [-0.39, 0.29) is 0 Å². The molecule has 0 aromatic heterocycles. The van der Waals surface area contributed by atoms with E-state index in [4.69, 9.17) is 16.3 Å². The molecule has 0 aliphatic rings. The van der Waals surface area contributed by atoms with Gasteiger partial charge in [0.2, 0.25) is 0 Å². The van der Waals surface area contributed by atoms with Crippen molar-refractivity contribution in [3.05, 3.63) is 58.7 Å². The molecule has 0 aliphatic heterocycles. The lowest BCUT2D eigenvalue weighted by Crippen LogP contribution is -1.92. The summed E-state index contributed by atoms with van der Waals surface area (Å²) >= 11 is 5.82. The van der Waals surface area contributed by atoms with Gasteiger partial charge in [-0.25, -0.2) is 0 Å². The molecule has 0 aliphatic carbocycles. The first kappa shape index (κ1) is 13.0. The van der Waals surface area contributed by atoms with E-state index in [0.717, 1.165) is 22.6 Å². The number of aryl methyl sites for hydroxylation is 2.